The van der Waals surface area contributed by atoms with Gasteiger partial charge in [0.2, 0.25) is 0 Å². The van der Waals surface area contributed by atoms with Crippen LogP contribution in [0.2, 0.25) is 0 Å². The standard InChI is InChI=1S/C14H22N2O3/c1-4-13-12(5-6-19-13)14(18)16-9-11(17)7-10(16)8-15(2)3/h5-6,10-11,17H,4,7-9H2,1-3H3. The van der Waals surface area contributed by atoms with E-state index in [-0.39, 0.29) is 11.9 Å². The second-order valence-electron chi connectivity index (χ2n) is 5.37. The Bertz CT molecular complexity index is 442. The van der Waals surface area contributed by atoms with Crippen LogP contribution in [0.3, 0.4) is 0 Å². The molecule has 0 spiro atoms. The van der Waals surface area contributed by atoms with Crippen LogP contribution in [0.5, 0.6) is 0 Å². The van der Waals surface area contributed by atoms with Crippen LogP contribution in [0.4, 0.5) is 0 Å². The average molecular weight is 266 g/mol. The maximum Gasteiger partial charge on any atom is 0.257 e. The van der Waals surface area contributed by atoms with Gasteiger partial charge in [0, 0.05) is 25.6 Å². The lowest BCUT2D eigenvalue weighted by molar-refractivity contribution is 0.0697. The van der Waals surface area contributed by atoms with E-state index >= 15 is 0 Å². The van der Waals surface area contributed by atoms with Gasteiger partial charge in [0.15, 0.2) is 0 Å². The molecular weight excluding hydrogens is 244 g/mol. The molecule has 5 heteroatoms. The number of nitrogens with zero attached hydrogens (tertiary/aromatic N) is 2. The minimum absolute atomic E-state index is 0.0333. The molecule has 106 valence electrons. The van der Waals surface area contributed by atoms with Crippen molar-refractivity contribution >= 4 is 5.91 Å². The highest BCUT2D eigenvalue weighted by Gasteiger charge is 2.35. The fourth-order valence-corrected chi connectivity index (χ4v) is 2.69. The minimum Gasteiger partial charge on any atom is -0.469 e. The summed E-state index contributed by atoms with van der Waals surface area (Å²) in [7, 11) is 3.95. The Balaban J connectivity index is 2.17. The van der Waals surface area contributed by atoms with E-state index in [4.69, 9.17) is 4.42 Å². The quantitative estimate of drug-likeness (QED) is 0.882. The largest absolute Gasteiger partial charge is 0.469 e. The van der Waals surface area contributed by atoms with Crippen molar-refractivity contribution in [2.24, 2.45) is 0 Å². The Morgan fingerprint density at radius 2 is 2.32 bits per heavy atom. The molecule has 1 aromatic rings. The van der Waals surface area contributed by atoms with Gasteiger partial charge in [0.1, 0.15) is 5.76 Å². The number of carbonyl (C=O) groups excluding carboxylic acids is 1. The number of likely N-dealkylation sites (tertiary alicyclic amines) is 1. The summed E-state index contributed by atoms with van der Waals surface area (Å²) < 4.78 is 5.32. The number of hydrogen-bond donors (Lipinski definition) is 1. The maximum absolute atomic E-state index is 12.6. The number of carbonyl (C=O) groups is 1. The van der Waals surface area contributed by atoms with Gasteiger partial charge in [0.05, 0.1) is 17.9 Å². The Labute approximate surface area is 113 Å². The highest BCUT2D eigenvalue weighted by atomic mass is 16.3. The van der Waals surface area contributed by atoms with Crippen molar-refractivity contribution in [2.75, 3.05) is 27.2 Å². The van der Waals surface area contributed by atoms with Gasteiger partial charge in [-0.15, -0.1) is 0 Å². The number of furan rings is 1. The summed E-state index contributed by atoms with van der Waals surface area (Å²) in [5.74, 6) is 0.684. The van der Waals surface area contributed by atoms with Crippen LogP contribution in [-0.4, -0.2) is 60.1 Å². The van der Waals surface area contributed by atoms with Crippen molar-refractivity contribution in [3.8, 4) is 0 Å². The molecule has 2 atom stereocenters. The molecule has 5 nitrogen and oxygen atoms in total. The van der Waals surface area contributed by atoms with Crippen molar-refractivity contribution in [2.45, 2.75) is 31.9 Å². The van der Waals surface area contributed by atoms with Crippen molar-refractivity contribution in [1.82, 2.24) is 9.80 Å². The fraction of sp³-hybridized carbons (Fsp3) is 0.643. The van der Waals surface area contributed by atoms with Gasteiger partial charge < -0.3 is 19.3 Å². The average Bonchev–Trinajstić information content (AvgIpc) is 2.93. The number of aryl methyl sites for hydroxylation is 1. The number of β-amino-alcohol motifs (C(OH)–C–C–N with tert-alkyl or cyclic N) is 1. The molecule has 1 fully saturated rings. The summed E-state index contributed by atoms with van der Waals surface area (Å²) in [5, 5.41) is 9.82. The molecule has 1 aliphatic heterocycles. The van der Waals surface area contributed by atoms with E-state index in [1.54, 1.807) is 17.2 Å². The SMILES string of the molecule is CCc1occc1C(=O)N1CC(O)CC1CN(C)C. The Morgan fingerprint density at radius 3 is 2.95 bits per heavy atom. The molecular formula is C14H22N2O3. The first kappa shape index (κ1) is 14.1. The molecule has 2 heterocycles. The van der Waals surface area contributed by atoms with E-state index in [1.807, 2.05) is 25.9 Å². The molecule has 0 saturated carbocycles. The third kappa shape index (κ3) is 2.98. The van der Waals surface area contributed by atoms with E-state index < -0.39 is 6.10 Å². The number of aliphatic hydroxyl groups is 1. The second-order valence-corrected chi connectivity index (χ2v) is 5.37. The third-order valence-electron chi connectivity index (χ3n) is 3.53. The Hall–Kier alpha value is -1.33. The van der Waals surface area contributed by atoms with Crippen LogP contribution in [0.1, 0.15) is 29.5 Å². The molecule has 0 bridgehead atoms. The molecule has 0 aliphatic carbocycles. The molecule has 2 unspecified atom stereocenters. The molecule has 0 radical (unpaired) electrons. The van der Waals surface area contributed by atoms with Crippen molar-refractivity contribution in [1.29, 1.82) is 0 Å². The summed E-state index contributed by atoms with van der Waals surface area (Å²) in [6.45, 7) is 3.14. The van der Waals surface area contributed by atoms with Crippen LogP contribution < -0.4 is 0 Å². The van der Waals surface area contributed by atoms with Crippen LogP contribution in [0.15, 0.2) is 16.7 Å². The molecule has 19 heavy (non-hydrogen) atoms. The molecule has 1 saturated heterocycles. The van der Waals surface area contributed by atoms with E-state index in [1.165, 1.54) is 0 Å². The molecule has 1 aromatic heterocycles. The molecule has 0 aromatic carbocycles. The number of amides is 1. The normalized spacial score (nSPS) is 23.3. The maximum atomic E-state index is 12.6. The van der Waals surface area contributed by atoms with E-state index in [2.05, 4.69) is 0 Å². The number of aliphatic hydroxyl groups excluding tert-OH is 1. The number of rotatable bonds is 4. The molecule has 1 amide bonds. The van der Waals surface area contributed by atoms with E-state index in [9.17, 15) is 9.90 Å². The van der Waals surface area contributed by atoms with Gasteiger partial charge in [-0.05, 0) is 26.6 Å². The van der Waals surface area contributed by atoms with Crippen LogP contribution >= 0.6 is 0 Å². The highest BCUT2D eigenvalue weighted by Crippen LogP contribution is 2.23. The van der Waals surface area contributed by atoms with Gasteiger partial charge in [0.25, 0.3) is 5.91 Å². The fourth-order valence-electron chi connectivity index (χ4n) is 2.69. The zero-order chi connectivity index (χ0) is 14.0. The van der Waals surface area contributed by atoms with Gasteiger partial charge in [-0.25, -0.2) is 0 Å². The van der Waals surface area contributed by atoms with Crippen LogP contribution in [0.25, 0.3) is 0 Å². The Kier molecular flexibility index (Phi) is 4.27. The van der Waals surface area contributed by atoms with Crippen LogP contribution in [0, 0.1) is 0 Å². The van der Waals surface area contributed by atoms with Gasteiger partial charge >= 0.3 is 0 Å². The molecule has 2 rings (SSSR count). The number of hydrogen-bond acceptors (Lipinski definition) is 4. The van der Waals surface area contributed by atoms with E-state index in [0.717, 1.165) is 12.3 Å². The van der Waals surface area contributed by atoms with Crippen LogP contribution in [-0.2, 0) is 6.42 Å². The topological polar surface area (TPSA) is 56.9 Å². The van der Waals surface area contributed by atoms with Gasteiger partial charge in [-0.3, -0.25) is 4.79 Å². The summed E-state index contributed by atoms with van der Waals surface area (Å²) in [6.07, 6.45) is 2.47. The zero-order valence-electron chi connectivity index (χ0n) is 11.8. The predicted molar refractivity (Wildman–Crippen MR) is 72.1 cm³/mol. The summed E-state index contributed by atoms with van der Waals surface area (Å²) in [5.41, 5.74) is 0.625. The van der Waals surface area contributed by atoms with Crippen molar-refractivity contribution in [3.05, 3.63) is 23.7 Å². The lowest BCUT2D eigenvalue weighted by Crippen LogP contribution is -2.41. The first-order valence-electron chi connectivity index (χ1n) is 6.73. The summed E-state index contributed by atoms with van der Waals surface area (Å²) in [6, 6.07) is 1.79. The monoisotopic (exact) mass is 266 g/mol. The zero-order valence-corrected chi connectivity index (χ0v) is 11.8. The van der Waals surface area contributed by atoms with Crippen molar-refractivity contribution < 1.29 is 14.3 Å². The molecule has 1 aliphatic rings. The summed E-state index contributed by atoms with van der Waals surface area (Å²) in [4.78, 5) is 16.4. The van der Waals surface area contributed by atoms with Crippen molar-refractivity contribution in [3.63, 3.8) is 0 Å². The van der Waals surface area contributed by atoms with Gasteiger partial charge in [-0.1, -0.05) is 6.92 Å². The second kappa shape index (κ2) is 5.75. The first-order chi connectivity index (χ1) is 9.02. The summed E-state index contributed by atoms with van der Waals surface area (Å²) >= 11 is 0. The third-order valence-corrected chi connectivity index (χ3v) is 3.53. The molecule has 1 N–H and O–H groups in total. The lowest BCUT2D eigenvalue weighted by Gasteiger charge is -2.26. The van der Waals surface area contributed by atoms with Gasteiger partial charge in [-0.2, -0.15) is 0 Å². The first-order valence-corrected chi connectivity index (χ1v) is 6.73. The predicted octanol–water partition coefficient (Wildman–Crippen LogP) is 0.979. The smallest absolute Gasteiger partial charge is 0.257 e. The Morgan fingerprint density at radius 1 is 1.58 bits per heavy atom. The van der Waals surface area contributed by atoms with E-state index in [0.29, 0.717) is 24.9 Å². The minimum atomic E-state index is -0.425. The highest BCUT2D eigenvalue weighted by molar-refractivity contribution is 5.95. The lowest BCUT2D eigenvalue weighted by atomic mass is 10.1. The number of likely N-dealkylation sites (N-methyl/N-ethyl adjacent to an activating group) is 1.